The van der Waals surface area contributed by atoms with Crippen LogP contribution in [0.2, 0.25) is 0 Å². The average Bonchev–Trinajstić information content (AvgIpc) is 3.09. The second-order valence-electron chi connectivity index (χ2n) is 9.57. The second-order valence-corrected chi connectivity index (χ2v) is 9.57. The van der Waals surface area contributed by atoms with Gasteiger partial charge in [-0.25, -0.2) is 9.59 Å². The standard InChI is InChI=1S/C28H36N4O4/c1-2-3-4-5-26(33)30-25(27(34)35)18-20-6-9-23(10-7-20)31-16-17-32(28(31)36)24-11-8-21-12-14-29-15-13-22(21)19-24/h6-11,19,25,29H,2-5,12-18H2,1H3,(H,30,33)(H,34,35). The summed E-state index contributed by atoms with van der Waals surface area (Å²) in [7, 11) is 0. The summed E-state index contributed by atoms with van der Waals surface area (Å²) in [4.78, 5) is 40.6. The van der Waals surface area contributed by atoms with Crippen molar-refractivity contribution in [2.45, 2.75) is 57.9 Å². The van der Waals surface area contributed by atoms with Gasteiger partial charge in [-0.15, -0.1) is 0 Å². The molecule has 0 radical (unpaired) electrons. The van der Waals surface area contributed by atoms with E-state index in [2.05, 4.69) is 29.7 Å². The fourth-order valence-electron chi connectivity index (χ4n) is 4.89. The summed E-state index contributed by atoms with van der Waals surface area (Å²) < 4.78 is 0. The Morgan fingerprint density at radius 3 is 2.33 bits per heavy atom. The lowest BCUT2D eigenvalue weighted by Crippen LogP contribution is -2.42. The van der Waals surface area contributed by atoms with Crippen LogP contribution in [0.15, 0.2) is 42.5 Å². The van der Waals surface area contributed by atoms with Crippen LogP contribution in [0.5, 0.6) is 0 Å². The van der Waals surface area contributed by atoms with Crippen molar-refractivity contribution in [3.8, 4) is 0 Å². The van der Waals surface area contributed by atoms with Gasteiger partial charge in [0.05, 0.1) is 0 Å². The molecule has 3 amide bonds. The van der Waals surface area contributed by atoms with Gasteiger partial charge < -0.3 is 15.7 Å². The number of carbonyl (C=O) groups excluding carboxylic acids is 2. The van der Waals surface area contributed by atoms with Gasteiger partial charge in [0.1, 0.15) is 6.04 Å². The molecular weight excluding hydrogens is 456 g/mol. The summed E-state index contributed by atoms with van der Waals surface area (Å²) in [6, 6.07) is 12.7. The maximum atomic E-state index is 13.2. The van der Waals surface area contributed by atoms with Crippen molar-refractivity contribution in [2.75, 3.05) is 36.0 Å². The number of nitrogens with zero attached hydrogens (tertiary/aromatic N) is 2. The molecule has 36 heavy (non-hydrogen) atoms. The van der Waals surface area contributed by atoms with E-state index >= 15 is 0 Å². The first-order chi connectivity index (χ1) is 17.5. The molecule has 2 aliphatic heterocycles. The highest BCUT2D eigenvalue weighted by atomic mass is 16.4. The van der Waals surface area contributed by atoms with E-state index in [1.807, 2.05) is 35.2 Å². The second kappa shape index (κ2) is 12.0. The number of carbonyl (C=O) groups is 3. The van der Waals surface area contributed by atoms with Crippen molar-refractivity contribution < 1.29 is 19.5 Å². The lowest BCUT2D eigenvalue weighted by Gasteiger charge is -2.20. The number of rotatable bonds is 10. The lowest BCUT2D eigenvalue weighted by atomic mass is 10.0. The summed E-state index contributed by atoms with van der Waals surface area (Å²) in [6.45, 7) is 5.19. The van der Waals surface area contributed by atoms with Crippen LogP contribution < -0.4 is 20.4 Å². The molecule has 4 rings (SSSR count). The molecule has 8 heteroatoms. The molecule has 3 N–H and O–H groups in total. The Morgan fingerprint density at radius 1 is 0.972 bits per heavy atom. The minimum absolute atomic E-state index is 0.0581. The summed E-state index contributed by atoms with van der Waals surface area (Å²) in [6.07, 6.45) is 5.21. The average molecular weight is 493 g/mol. The number of carboxylic acids is 1. The number of benzene rings is 2. The zero-order valence-corrected chi connectivity index (χ0v) is 21.0. The van der Waals surface area contributed by atoms with Crippen molar-refractivity contribution in [1.82, 2.24) is 10.6 Å². The number of nitrogens with one attached hydrogen (secondary N) is 2. The van der Waals surface area contributed by atoms with Crippen LogP contribution in [0.4, 0.5) is 16.2 Å². The highest BCUT2D eigenvalue weighted by molar-refractivity contribution is 6.06. The van der Waals surface area contributed by atoms with E-state index in [4.69, 9.17) is 0 Å². The number of urea groups is 1. The van der Waals surface area contributed by atoms with Crippen molar-refractivity contribution in [3.05, 3.63) is 59.2 Å². The van der Waals surface area contributed by atoms with Crippen molar-refractivity contribution >= 4 is 29.3 Å². The fourth-order valence-corrected chi connectivity index (χ4v) is 4.89. The Bertz CT molecular complexity index is 1090. The normalized spacial score (nSPS) is 16.4. The molecular formula is C28H36N4O4. The Kier molecular flexibility index (Phi) is 8.59. The Labute approximate surface area is 212 Å². The molecule has 2 heterocycles. The minimum Gasteiger partial charge on any atom is -0.480 e. The first kappa shape index (κ1) is 25.7. The predicted molar refractivity (Wildman–Crippen MR) is 141 cm³/mol. The third-order valence-corrected chi connectivity index (χ3v) is 6.98. The summed E-state index contributed by atoms with van der Waals surface area (Å²) >= 11 is 0. The minimum atomic E-state index is -1.05. The molecule has 8 nitrogen and oxygen atoms in total. The summed E-state index contributed by atoms with van der Waals surface area (Å²) in [5.74, 6) is -1.28. The van der Waals surface area contributed by atoms with E-state index in [1.54, 1.807) is 4.90 Å². The molecule has 1 fully saturated rings. The van der Waals surface area contributed by atoms with Crippen LogP contribution in [0.1, 0.15) is 49.3 Å². The highest BCUT2D eigenvalue weighted by Crippen LogP contribution is 2.28. The fraction of sp³-hybridized carbons (Fsp3) is 0.464. The van der Waals surface area contributed by atoms with Gasteiger partial charge in [-0.2, -0.15) is 0 Å². The molecule has 0 saturated carbocycles. The molecule has 0 spiro atoms. The molecule has 192 valence electrons. The van der Waals surface area contributed by atoms with Gasteiger partial charge in [0, 0.05) is 37.3 Å². The van der Waals surface area contributed by atoms with Crippen molar-refractivity contribution in [1.29, 1.82) is 0 Å². The number of aliphatic carboxylic acids is 1. The van der Waals surface area contributed by atoms with E-state index in [-0.39, 0.29) is 18.4 Å². The largest absolute Gasteiger partial charge is 0.480 e. The van der Waals surface area contributed by atoms with Gasteiger partial charge in [0.2, 0.25) is 5.91 Å². The maximum absolute atomic E-state index is 13.2. The maximum Gasteiger partial charge on any atom is 0.329 e. The number of hydrogen-bond acceptors (Lipinski definition) is 4. The molecule has 1 unspecified atom stereocenters. The van der Waals surface area contributed by atoms with E-state index < -0.39 is 12.0 Å². The first-order valence-corrected chi connectivity index (χ1v) is 13.0. The smallest absolute Gasteiger partial charge is 0.329 e. The van der Waals surface area contributed by atoms with Gasteiger partial charge >= 0.3 is 12.0 Å². The van der Waals surface area contributed by atoms with Crippen molar-refractivity contribution in [3.63, 3.8) is 0 Å². The Morgan fingerprint density at radius 2 is 1.64 bits per heavy atom. The monoisotopic (exact) mass is 492 g/mol. The van der Waals surface area contributed by atoms with Crippen LogP contribution in [0.25, 0.3) is 0 Å². The third kappa shape index (κ3) is 6.23. The summed E-state index contributed by atoms with van der Waals surface area (Å²) in [5, 5.41) is 15.6. The number of unbranched alkanes of at least 4 members (excludes halogenated alkanes) is 2. The number of fused-ring (bicyclic) bond motifs is 1. The number of anilines is 2. The molecule has 2 aromatic carbocycles. The Balaban J connectivity index is 1.38. The van der Waals surface area contributed by atoms with E-state index in [1.165, 1.54) is 11.1 Å². The highest BCUT2D eigenvalue weighted by Gasteiger charge is 2.31. The molecule has 0 aliphatic carbocycles. The van der Waals surface area contributed by atoms with E-state index in [9.17, 15) is 19.5 Å². The number of amides is 3. The predicted octanol–water partition coefficient (Wildman–Crippen LogP) is 3.51. The third-order valence-electron chi connectivity index (χ3n) is 6.98. The SMILES string of the molecule is CCCCCC(=O)NC(Cc1ccc(N2CCN(c3ccc4c(c3)CCNCC4)C2=O)cc1)C(=O)O. The first-order valence-electron chi connectivity index (χ1n) is 13.0. The molecule has 1 saturated heterocycles. The molecule has 2 aliphatic rings. The molecule has 0 aromatic heterocycles. The van der Waals surface area contributed by atoms with Crippen LogP contribution in [-0.2, 0) is 28.9 Å². The molecule has 1 atom stereocenters. The van der Waals surface area contributed by atoms with Gasteiger partial charge in [-0.05, 0) is 73.3 Å². The summed E-state index contributed by atoms with van der Waals surface area (Å²) in [5.41, 5.74) is 5.15. The van der Waals surface area contributed by atoms with Crippen molar-refractivity contribution in [2.24, 2.45) is 0 Å². The quantitative estimate of drug-likeness (QED) is 0.441. The van der Waals surface area contributed by atoms with Crippen LogP contribution >= 0.6 is 0 Å². The zero-order chi connectivity index (χ0) is 25.5. The van der Waals surface area contributed by atoms with E-state index in [0.717, 1.165) is 62.1 Å². The van der Waals surface area contributed by atoms with Gasteiger partial charge in [0.25, 0.3) is 0 Å². The number of carboxylic acid groups (broad SMARTS) is 1. The lowest BCUT2D eigenvalue weighted by molar-refractivity contribution is -0.141. The van der Waals surface area contributed by atoms with Gasteiger partial charge in [0.15, 0.2) is 0 Å². The van der Waals surface area contributed by atoms with Crippen LogP contribution in [0, 0.1) is 0 Å². The molecule has 0 bridgehead atoms. The Hall–Kier alpha value is -3.39. The van der Waals surface area contributed by atoms with Crippen LogP contribution in [0.3, 0.4) is 0 Å². The topological polar surface area (TPSA) is 102 Å². The van der Waals surface area contributed by atoms with Gasteiger partial charge in [-0.1, -0.05) is 38.0 Å². The zero-order valence-electron chi connectivity index (χ0n) is 21.0. The van der Waals surface area contributed by atoms with Crippen LogP contribution in [-0.4, -0.2) is 55.2 Å². The van der Waals surface area contributed by atoms with Gasteiger partial charge in [-0.3, -0.25) is 14.6 Å². The molecule has 2 aromatic rings. The number of hydrogen-bond donors (Lipinski definition) is 3. The van der Waals surface area contributed by atoms with E-state index in [0.29, 0.717) is 19.5 Å².